The van der Waals surface area contributed by atoms with Crippen molar-refractivity contribution in [3.63, 3.8) is 0 Å². The van der Waals surface area contributed by atoms with Gasteiger partial charge in [0.2, 0.25) is 5.91 Å². The number of nitrogens with zero attached hydrogens (tertiary/aromatic N) is 2. The van der Waals surface area contributed by atoms with Crippen LogP contribution in [-0.4, -0.2) is 53.2 Å². The zero-order valence-electron chi connectivity index (χ0n) is 22.2. The molecule has 3 N–H and O–H groups in total. The first-order valence-corrected chi connectivity index (χ1v) is 13.3. The number of carbonyl (C=O) groups excluding carboxylic acids is 3. The van der Waals surface area contributed by atoms with E-state index in [1.165, 1.54) is 30.2 Å². The highest BCUT2D eigenvalue weighted by molar-refractivity contribution is 6.30. The molecule has 2 aromatic carbocycles. The van der Waals surface area contributed by atoms with Crippen molar-refractivity contribution in [2.75, 3.05) is 24.3 Å². The van der Waals surface area contributed by atoms with Crippen molar-refractivity contribution < 1.29 is 37.4 Å². The zero-order valence-corrected chi connectivity index (χ0v) is 23.0. The van der Waals surface area contributed by atoms with Crippen molar-refractivity contribution in [1.82, 2.24) is 14.9 Å². The van der Waals surface area contributed by atoms with E-state index >= 15 is 0 Å². The van der Waals surface area contributed by atoms with Crippen molar-refractivity contribution in [3.05, 3.63) is 71.2 Å². The van der Waals surface area contributed by atoms with Crippen LogP contribution in [0.4, 0.5) is 29.7 Å². The predicted molar refractivity (Wildman–Crippen MR) is 148 cm³/mol. The summed E-state index contributed by atoms with van der Waals surface area (Å²) in [6, 6.07) is 8.55. The van der Waals surface area contributed by atoms with Crippen LogP contribution in [0.15, 0.2) is 54.7 Å². The van der Waals surface area contributed by atoms with Gasteiger partial charge in [0.05, 0.1) is 30.7 Å². The minimum atomic E-state index is -3.06. The van der Waals surface area contributed by atoms with E-state index in [0.29, 0.717) is 34.9 Å². The number of ether oxygens (including phenoxy) is 3. The van der Waals surface area contributed by atoms with Crippen LogP contribution in [0.2, 0.25) is 5.02 Å². The van der Waals surface area contributed by atoms with Gasteiger partial charge in [-0.25, -0.2) is 14.6 Å². The second-order valence-corrected chi connectivity index (χ2v) is 9.89. The largest absolute Gasteiger partial charge is 0.453 e. The third kappa shape index (κ3) is 6.46. The number of cyclic esters (lactones) is 1. The number of nitrogens with one attached hydrogen (secondary N) is 3. The number of anilines is 2. The van der Waals surface area contributed by atoms with E-state index in [-0.39, 0.29) is 41.6 Å². The number of carbonyl (C=O) groups is 3. The average molecular weight is 602 g/mol. The highest BCUT2D eigenvalue weighted by Crippen LogP contribution is 2.39. The van der Waals surface area contributed by atoms with Gasteiger partial charge in [-0.3, -0.25) is 15.0 Å². The number of rotatable bonds is 5. The van der Waals surface area contributed by atoms with Crippen molar-refractivity contribution in [2.45, 2.75) is 38.0 Å². The molecule has 0 spiro atoms. The fourth-order valence-electron chi connectivity index (χ4n) is 4.85. The number of halogens is 3. The number of alkyl halides is 2. The maximum atomic E-state index is 13.3. The van der Waals surface area contributed by atoms with Crippen LogP contribution in [0.3, 0.4) is 0 Å². The highest BCUT2D eigenvalue weighted by Gasteiger charge is 2.36. The van der Waals surface area contributed by atoms with Crippen molar-refractivity contribution >= 4 is 41.1 Å². The van der Waals surface area contributed by atoms with Gasteiger partial charge in [-0.05, 0) is 42.8 Å². The molecule has 2 aliphatic rings. The van der Waals surface area contributed by atoms with E-state index in [1.807, 2.05) is 0 Å². The van der Waals surface area contributed by atoms with Crippen LogP contribution in [0, 0.1) is 0 Å². The summed E-state index contributed by atoms with van der Waals surface area (Å²) in [5.41, 5.74) is 2.26. The molecule has 1 aromatic heterocycles. The Morgan fingerprint density at radius 1 is 1.21 bits per heavy atom. The van der Waals surface area contributed by atoms with Gasteiger partial charge in [0, 0.05) is 41.2 Å². The maximum Gasteiger partial charge on any atom is 0.411 e. The second kappa shape index (κ2) is 12.5. The molecule has 0 saturated carbocycles. The molecule has 14 heteroatoms. The normalized spacial score (nSPS) is 19.5. The Balaban J connectivity index is 1.42. The van der Waals surface area contributed by atoms with Gasteiger partial charge in [-0.1, -0.05) is 23.8 Å². The molecule has 42 heavy (non-hydrogen) atoms. The Bertz CT molecular complexity index is 1530. The van der Waals surface area contributed by atoms with E-state index in [0.717, 1.165) is 0 Å². The number of amides is 3. The molecular weight excluding hydrogens is 576 g/mol. The summed E-state index contributed by atoms with van der Waals surface area (Å²) in [6.45, 7) is -2.84. The van der Waals surface area contributed by atoms with Crippen LogP contribution in [-0.2, 0) is 14.3 Å². The molecule has 1 saturated heterocycles. The quantitative estimate of drug-likeness (QED) is 0.287. The minimum Gasteiger partial charge on any atom is -0.453 e. The van der Waals surface area contributed by atoms with Crippen LogP contribution in [0.5, 0.6) is 5.75 Å². The Morgan fingerprint density at radius 2 is 2.05 bits per heavy atom. The molecule has 2 bridgehead atoms. The Kier molecular flexibility index (Phi) is 8.57. The van der Waals surface area contributed by atoms with Crippen LogP contribution >= 0.6 is 11.6 Å². The van der Waals surface area contributed by atoms with Crippen molar-refractivity contribution in [3.8, 4) is 17.0 Å². The molecule has 220 valence electrons. The molecule has 1 unspecified atom stereocenters. The number of benzene rings is 2. The van der Waals surface area contributed by atoms with E-state index in [4.69, 9.17) is 16.3 Å². The molecule has 1 fully saturated rings. The molecule has 2 atom stereocenters. The number of hydrogen-bond acceptors (Lipinski definition) is 7. The second-order valence-electron chi connectivity index (χ2n) is 9.45. The summed E-state index contributed by atoms with van der Waals surface area (Å²) in [6.07, 6.45) is 3.53. The smallest absolute Gasteiger partial charge is 0.411 e. The van der Waals surface area contributed by atoms with E-state index < -0.39 is 30.9 Å². The number of imidazole rings is 1. The van der Waals surface area contributed by atoms with Gasteiger partial charge in [0.15, 0.2) is 0 Å². The lowest BCUT2D eigenvalue weighted by Gasteiger charge is -2.36. The lowest BCUT2D eigenvalue weighted by atomic mass is 10.0. The first-order valence-electron chi connectivity index (χ1n) is 12.9. The zero-order chi connectivity index (χ0) is 29.8. The van der Waals surface area contributed by atoms with E-state index in [1.54, 1.807) is 36.5 Å². The first-order chi connectivity index (χ1) is 20.2. The molecular formula is C28H26ClF2N5O6. The summed E-state index contributed by atoms with van der Waals surface area (Å²) >= 11 is 6.09. The SMILES string of the molecule is COC(=O)Nc1ccc2c(c1)NC(=O)C/C=C/C[C@H](N1CCC(c3cc(Cl)ccc3OC(F)F)OC1=O)c1ncc-2[nH]1. The molecule has 2 aliphatic heterocycles. The molecule has 0 aliphatic carbocycles. The first kappa shape index (κ1) is 28.9. The predicted octanol–water partition coefficient (Wildman–Crippen LogP) is 6.42. The lowest BCUT2D eigenvalue weighted by molar-refractivity contribution is -0.115. The van der Waals surface area contributed by atoms with Crippen LogP contribution in [0.1, 0.15) is 42.8 Å². The van der Waals surface area contributed by atoms with Crippen LogP contribution < -0.4 is 15.4 Å². The third-order valence-corrected chi connectivity index (χ3v) is 7.01. The highest BCUT2D eigenvalue weighted by atomic mass is 35.5. The number of methoxy groups -OCH3 is 1. The van der Waals surface area contributed by atoms with Gasteiger partial charge in [-0.15, -0.1) is 0 Å². The van der Waals surface area contributed by atoms with Gasteiger partial charge in [-0.2, -0.15) is 8.78 Å². The molecule has 11 nitrogen and oxygen atoms in total. The van der Waals surface area contributed by atoms with Crippen molar-refractivity contribution in [2.24, 2.45) is 0 Å². The number of hydrogen-bond donors (Lipinski definition) is 3. The van der Waals surface area contributed by atoms with E-state index in [9.17, 15) is 23.2 Å². The van der Waals surface area contributed by atoms with Gasteiger partial charge in [0.1, 0.15) is 17.7 Å². The number of H-pyrrole nitrogens is 1. The standard InChI is InChI=1S/C28H26ClF2N5O6/c1-40-27(38)33-16-7-8-17-19(13-16)34-24(37)5-3-2-4-21(25-32-14-20(17)35-25)36-11-10-23(42-28(36)39)18-12-15(29)6-9-22(18)41-26(30)31/h2-3,6-9,12-14,21,23,26H,4-5,10-11H2,1H3,(H,32,35)(H,33,38)(H,34,37)/b3-2+/t21-,23?/m0/s1. The molecule has 3 heterocycles. The van der Waals surface area contributed by atoms with Crippen LogP contribution in [0.25, 0.3) is 11.3 Å². The number of aromatic amines is 1. The van der Waals surface area contributed by atoms with Gasteiger partial charge < -0.3 is 24.5 Å². The summed E-state index contributed by atoms with van der Waals surface area (Å²) in [4.78, 5) is 46.9. The molecule has 3 amide bonds. The fourth-order valence-corrected chi connectivity index (χ4v) is 5.03. The Hall–Kier alpha value is -4.65. The number of fused-ring (bicyclic) bond motifs is 4. The monoisotopic (exact) mass is 601 g/mol. The lowest BCUT2D eigenvalue weighted by Crippen LogP contribution is -2.42. The summed E-state index contributed by atoms with van der Waals surface area (Å²) < 4.78 is 40.9. The Labute approximate surface area is 243 Å². The van der Waals surface area contributed by atoms with Gasteiger partial charge >= 0.3 is 18.8 Å². The summed E-state index contributed by atoms with van der Waals surface area (Å²) in [7, 11) is 1.24. The maximum absolute atomic E-state index is 13.3. The molecule has 5 rings (SSSR count). The molecule has 3 aromatic rings. The average Bonchev–Trinajstić information content (AvgIpc) is 3.43. The third-order valence-electron chi connectivity index (χ3n) is 6.78. The fraction of sp³-hybridized carbons (Fsp3) is 0.286. The summed E-state index contributed by atoms with van der Waals surface area (Å²) in [5, 5.41) is 5.70. The van der Waals surface area contributed by atoms with E-state index in [2.05, 4.69) is 30.1 Å². The van der Waals surface area contributed by atoms with Crippen molar-refractivity contribution in [1.29, 1.82) is 0 Å². The van der Waals surface area contributed by atoms with Gasteiger partial charge in [0.25, 0.3) is 0 Å². The minimum absolute atomic E-state index is 0.0635. The summed E-state index contributed by atoms with van der Waals surface area (Å²) in [5.74, 6) is 0.0689. The Morgan fingerprint density at radius 3 is 2.81 bits per heavy atom. The molecule has 0 radical (unpaired) electrons. The topological polar surface area (TPSA) is 135 Å². The number of aromatic nitrogens is 2.